The monoisotopic (exact) mass is 276 g/mol. The fraction of sp³-hybridized carbons (Fsp3) is 0.0526. The molecule has 3 aromatic rings. The van der Waals surface area contributed by atoms with Gasteiger partial charge >= 0.3 is 0 Å². The number of aromatic hydroxyl groups is 2. The first-order chi connectivity index (χ1) is 10.1. The molecule has 3 rings (SSSR count). The zero-order chi connectivity index (χ0) is 14.8. The molecule has 0 aliphatic rings. The Hall–Kier alpha value is -2.74. The molecule has 0 atom stereocenters. The normalized spacial score (nSPS) is 10.5. The molecule has 0 amide bonds. The highest BCUT2D eigenvalue weighted by molar-refractivity contribution is 5.73. The maximum absolute atomic E-state index is 9.80. The van der Waals surface area contributed by atoms with Crippen LogP contribution in [-0.2, 0) is 0 Å². The molecular formula is C19H16O2. The number of hydrogen-bond donors (Lipinski definition) is 2. The van der Waals surface area contributed by atoms with Gasteiger partial charge in [-0.15, -0.1) is 0 Å². The Labute approximate surface area is 123 Å². The van der Waals surface area contributed by atoms with Gasteiger partial charge in [0.15, 0.2) is 0 Å². The summed E-state index contributed by atoms with van der Waals surface area (Å²) in [6, 6.07) is 20.9. The Morgan fingerprint density at radius 2 is 1.14 bits per heavy atom. The lowest BCUT2D eigenvalue weighted by Gasteiger charge is -2.09. The molecule has 2 nitrogen and oxygen atoms in total. The van der Waals surface area contributed by atoms with Crippen molar-refractivity contribution in [2.24, 2.45) is 0 Å². The Kier molecular flexibility index (Phi) is 3.36. The van der Waals surface area contributed by atoms with Crippen LogP contribution in [0.5, 0.6) is 11.5 Å². The van der Waals surface area contributed by atoms with E-state index in [0.717, 1.165) is 27.8 Å². The molecule has 0 spiro atoms. The van der Waals surface area contributed by atoms with Crippen molar-refractivity contribution in [1.82, 2.24) is 0 Å². The largest absolute Gasteiger partial charge is 0.508 e. The highest BCUT2D eigenvalue weighted by atomic mass is 16.3. The number of benzene rings is 3. The van der Waals surface area contributed by atoms with Crippen molar-refractivity contribution in [1.29, 1.82) is 0 Å². The van der Waals surface area contributed by atoms with Gasteiger partial charge in [-0.05, 0) is 52.9 Å². The third-order valence-corrected chi connectivity index (χ3v) is 3.70. The van der Waals surface area contributed by atoms with Crippen LogP contribution in [0.25, 0.3) is 22.3 Å². The van der Waals surface area contributed by atoms with Crippen LogP contribution in [0.2, 0.25) is 0 Å². The van der Waals surface area contributed by atoms with Crippen molar-refractivity contribution in [2.75, 3.05) is 0 Å². The summed E-state index contributed by atoms with van der Waals surface area (Å²) in [5, 5.41) is 19.1. The zero-order valence-corrected chi connectivity index (χ0v) is 11.7. The van der Waals surface area contributed by atoms with E-state index in [9.17, 15) is 10.2 Å². The summed E-state index contributed by atoms with van der Waals surface area (Å²) in [5.74, 6) is 0.584. The van der Waals surface area contributed by atoms with Gasteiger partial charge in [-0.2, -0.15) is 0 Å². The lowest BCUT2D eigenvalue weighted by molar-refractivity contribution is 0.471. The Bertz CT molecular complexity index is 757. The van der Waals surface area contributed by atoms with E-state index in [0.29, 0.717) is 5.75 Å². The van der Waals surface area contributed by atoms with Gasteiger partial charge in [-0.25, -0.2) is 0 Å². The van der Waals surface area contributed by atoms with Crippen LogP contribution >= 0.6 is 0 Å². The van der Waals surface area contributed by atoms with E-state index in [-0.39, 0.29) is 5.75 Å². The Morgan fingerprint density at radius 1 is 0.619 bits per heavy atom. The van der Waals surface area contributed by atoms with Crippen molar-refractivity contribution in [3.05, 3.63) is 72.3 Å². The quantitative estimate of drug-likeness (QED) is 0.709. The second kappa shape index (κ2) is 5.33. The highest BCUT2D eigenvalue weighted by Crippen LogP contribution is 2.31. The topological polar surface area (TPSA) is 40.5 Å². The summed E-state index contributed by atoms with van der Waals surface area (Å²) >= 11 is 0. The van der Waals surface area contributed by atoms with E-state index in [1.54, 1.807) is 18.2 Å². The first-order valence-electron chi connectivity index (χ1n) is 6.83. The predicted octanol–water partition coefficient (Wildman–Crippen LogP) is 4.74. The summed E-state index contributed by atoms with van der Waals surface area (Å²) in [6.07, 6.45) is 0. The Balaban J connectivity index is 1.97. The van der Waals surface area contributed by atoms with Gasteiger partial charge in [0.2, 0.25) is 0 Å². The average molecular weight is 276 g/mol. The molecule has 0 saturated carbocycles. The summed E-state index contributed by atoms with van der Waals surface area (Å²) in [4.78, 5) is 0. The van der Waals surface area contributed by atoms with Crippen LogP contribution in [0, 0.1) is 6.92 Å². The minimum atomic E-state index is 0.269. The van der Waals surface area contributed by atoms with E-state index in [1.165, 1.54) is 0 Å². The number of phenols is 2. The standard InChI is InChI=1S/C19H16O2/c1-13-18(3-2-4-19(13)21)16-7-5-14(6-8-16)15-9-11-17(20)12-10-15/h2-12,20-21H,1H3. The van der Waals surface area contributed by atoms with Gasteiger partial charge in [0.1, 0.15) is 11.5 Å². The molecule has 0 aromatic heterocycles. The number of hydrogen-bond acceptors (Lipinski definition) is 2. The SMILES string of the molecule is Cc1c(O)cccc1-c1ccc(-c2ccc(O)cc2)cc1. The predicted molar refractivity (Wildman–Crippen MR) is 85.4 cm³/mol. The van der Waals surface area contributed by atoms with E-state index >= 15 is 0 Å². The number of phenolic OH excluding ortho intramolecular Hbond substituents is 2. The molecular weight excluding hydrogens is 260 g/mol. The van der Waals surface area contributed by atoms with E-state index < -0.39 is 0 Å². The molecule has 0 fully saturated rings. The molecule has 104 valence electrons. The van der Waals surface area contributed by atoms with Gasteiger partial charge < -0.3 is 10.2 Å². The van der Waals surface area contributed by atoms with Gasteiger partial charge in [0.25, 0.3) is 0 Å². The molecule has 0 bridgehead atoms. The van der Waals surface area contributed by atoms with Crippen molar-refractivity contribution in [2.45, 2.75) is 6.92 Å². The second-order valence-electron chi connectivity index (χ2n) is 5.07. The fourth-order valence-electron chi connectivity index (χ4n) is 2.43. The van der Waals surface area contributed by atoms with Crippen LogP contribution in [0.1, 0.15) is 5.56 Å². The van der Waals surface area contributed by atoms with Gasteiger partial charge in [-0.3, -0.25) is 0 Å². The van der Waals surface area contributed by atoms with Crippen LogP contribution in [0.3, 0.4) is 0 Å². The maximum Gasteiger partial charge on any atom is 0.119 e. The average Bonchev–Trinajstić information content (AvgIpc) is 2.51. The van der Waals surface area contributed by atoms with E-state index in [1.807, 2.05) is 55.5 Å². The van der Waals surface area contributed by atoms with E-state index in [2.05, 4.69) is 0 Å². The summed E-state index contributed by atoms with van der Waals surface area (Å²) in [5.41, 5.74) is 5.15. The van der Waals surface area contributed by atoms with Crippen molar-refractivity contribution >= 4 is 0 Å². The van der Waals surface area contributed by atoms with Crippen LogP contribution in [-0.4, -0.2) is 10.2 Å². The van der Waals surface area contributed by atoms with Crippen molar-refractivity contribution in [3.63, 3.8) is 0 Å². The third-order valence-electron chi connectivity index (χ3n) is 3.70. The minimum Gasteiger partial charge on any atom is -0.508 e. The highest BCUT2D eigenvalue weighted by Gasteiger charge is 2.05. The van der Waals surface area contributed by atoms with Crippen molar-refractivity contribution in [3.8, 4) is 33.8 Å². The summed E-state index contributed by atoms with van der Waals surface area (Å²) < 4.78 is 0. The summed E-state index contributed by atoms with van der Waals surface area (Å²) in [7, 11) is 0. The molecule has 3 aromatic carbocycles. The second-order valence-corrected chi connectivity index (χ2v) is 5.07. The molecule has 0 radical (unpaired) electrons. The molecule has 2 N–H and O–H groups in total. The third kappa shape index (κ3) is 2.61. The first-order valence-corrected chi connectivity index (χ1v) is 6.83. The van der Waals surface area contributed by atoms with Gasteiger partial charge in [-0.1, -0.05) is 48.5 Å². The molecule has 0 unspecified atom stereocenters. The van der Waals surface area contributed by atoms with Crippen LogP contribution in [0.15, 0.2) is 66.7 Å². The molecule has 0 saturated heterocycles. The zero-order valence-electron chi connectivity index (χ0n) is 11.7. The van der Waals surface area contributed by atoms with Gasteiger partial charge in [0, 0.05) is 0 Å². The lowest BCUT2D eigenvalue weighted by atomic mass is 9.97. The first kappa shape index (κ1) is 13.3. The Morgan fingerprint density at radius 3 is 1.76 bits per heavy atom. The minimum absolute atomic E-state index is 0.269. The van der Waals surface area contributed by atoms with Gasteiger partial charge in [0.05, 0.1) is 0 Å². The molecule has 21 heavy (non-hydrogen) atoms. The lowest BCUT2D eigenvalue weighted by Crippen LogP contribution is -1.84. The molecule has 0 aliphatic heterocycles. The van der Waals surface area contributed by atoms with Crippen LogP contribution in [0.4, 0.5) is 0 Å². The fourth-order valence-corrected chi connectivity index (χ4v) is 2.43. The van der Waals surface area contributed by atoms with Crippen LogP contribution < -0.4 is 0 Å². The molecule has 2 heteroatoms. The van der Waals surface area contributed by atoms with E-state index in [4.69, 9.17) is 0 Å². The number of rotatable bonds is 2. The smallest absolute Gasteiger partial charge is 0.119 e. The molecule has 0 aliphatic carbocycles. The summed E-state index contributed by atoms with van der Waals surface area (Å²) in [6.45, 7) is 1.92. The maximum atomic E-state index is 9.80. The molecule has 0 heterocycles. The van der Waals surface area contributed by atoms with Crippen molar-refractivity contribution < 1.29 is 10.2 Å².